The second-order valence-electron chi connectivity index (χ2n) is 5.63. The van der Waals surface area contributed by atoms with Gasteiger partial charge in [0.25, 0.3) is 0 Å². The van der Waals surface area contributed by atoms with Gasteiger partial charge in [-0.15, -0.1) is 0 Å². The van der Waals surface area contributed by atoms with Crippen molar-refractivity contribution in [2.75, 3.05) is 17.4 Å². The van der Waals surface area contributed by atoms with Crippen LogP contribution in [0.2, 0.25) is 0 Å². The SMILES string of the molecule is CCC(CC)C(=O)Nc1ccc(Nc2ccc3c(c2)OCO3)cn1. The Bertz CT molecular complexity index is 712. The quantitative estimate of drug-likeness (QED) is 0.841. The highest BCUT2D eigenvalue weighted by Gasteiger charge is 2.15. The molecule has 6 heteroatoms. The Morgan fingerprint density at radius 1 is 1.12 bits per heavy atom. The van der Waals surface area contributed by atoms with Gasteiger partial charge in [0.05, 0.1) is 11.9 Å². The number of rotatable bonds is 6. The van der Waals surface area contributed by atoms with Gasteiger partial charge in [-0.2, -0.15) is 0 Å². The highest BCUT2D eigenvalue weighted by Crippen LogP contribution is 2.35. The third-order valence-corrected chi connectivity index (χ3v) is 4.03. The lowest BCUT2D eigenvalue weighted by Gasteiger charge is -2.12. The van der Waals surface area contributed by atoms with Crippen LogP contribution in [0.3, 0.4) is 0 Å². The van der Waals surface area contributed by atoms with Gasteiger partial charge in [-0.05, 0) is 37.1 Å². The molecule has 3 rings (SSSR count). The Morgan fingerprint density at radius 2 is 1.88 bits per heavy atom. The maximum Gasteiger partial charge on any atom is 0.231 e. The van der Waals surface area contributed by atoms with Gasteiger partial charge in [0.1, 0.15) is 5.82 Å². The van der Waals surface area contributed by atoms with Gasteiger partial charge in [-0.3, -0.25) is 4.79 Å². The van der Waals surface area contributed by atoms with Gasteiger partial charge >= 0.3 is 0 Å². The summed E-state index contributed by atoms with van der Waals surface area (Å²) in [5.74, 6) is 2.07. The molecule has 0 radical (unpaired) electrons. The molecule has 24 heavy (non-hydrogen) atoms. The fraction of sp³-hybridized carbons (Fsp3) is 0.333. The van der Waals surface area contributed by atoms with Gasteiger partial charge in [0.2, 0.25) is 12.7 Å². The van der Waals surface area contributed by atoms with Crippen LogP contribution in [0.1, 0.15) is 26.7 Å². The molecule has 0 spiro atoms. The largest absolute Gasteiger partial charge is 0.454 e. The summed E-state index contributed by atoms with van der Waals surface area (Å²) in [4.78, 5) is 16.4. The van der Waals surface area contributed by atoms with Gasteiger partial charge in [0.15, 0.2) is 11.5 Å². The summed E-state index contributed by atoms with van der Waals surface area (Å²) in [7, 11) is 0. The Kier molecular flexibility index (Phi) is 4.84. The number of amides is 1. The predicted octanol–water partition coefficient (Wildman–Crippen LogP) is 3.93. The number of aromatic nitrogens is 1. The third kappa shape index (κ3) is 3.59. The van der Waals surface area contributed by atoms with Crippen molar-refractivity contribution >= 4 is 23.1 Å². The minimum absolute atomic E-state index is 0.0176. The number of nitrogens with zero attached hydrogens (tertiary/aromatic N) is 1. The molecule has 0 bridgehead atoms. The van der Waals surface area contributed by atoms with E-state index in [0.29, 0.717) is 5.82 Å². The lowest BCUT2D eigenvalue weighted by Crippen LogP contribution is -2.22. The van der Waals surface area contributed by atoms with Crippen molar-refractivity contribution in [1.82, 2.24) is 4.98 Å². The average Bonchev–Trinajstić information content (AvgIpc) is 3.05. The molecule has 0 fully saturated rings. The number of fused-ring (bicyclic) bond motifs is 1. The van der Waals surface area contributed by atoms with E-state index in [9.17, 15) is 4.79 Å². The first-order valence-electron chi connectivity index (χ1n) is 8.13. The third-order valence-electron chi connectivity index (χ3n) is 4.03. The van der Waals surface area contributed by atoms with Gasteiger partial charge in [-0.1, -0.05) is 13.8 Å². The van der Waals surface area contributed by atoms with Crippen molar-refractivity contribution in [1.29, 1.82) is 0 Å². The Labute approximate surface area is 141 Å². The average molecular weight is 327 g/mol. The number of hydrogen-bond donors (Lipinski definition) is 2. The molecule has 0 aliphatic carbocycles. The summed E-state index contributed by atoms with van der Waals surface area (Å²) in [5.41, 5.74) is 1.71. The summed E-state index contributed by atoms with van der Waals surface area (Å²) in [6, 6.07) is 9.32. The number of carbonyl (C=O) groups is 1. The summed E-state index contributed by atoms with van der Waals surface area (Å²) < 4.78 is 10.6. The first-order valence-corrected chi connectivity index (χ1v) is 8.13. The highest BCUT2D eigenvalue weighted by atomic mass is 16.7. The molecule has 2 aromatic rings. The van der Waals surface area contributed by atoms with Crippen LogP contribution < -0.4 is 20.1 Å². The summed E-state index contributed by atoms with van der Waals surface area (Å²) in [5, 5.41) is 6.10. The molecule has 1 aromatic heterocycles. The Balaban J connectivity index is 1.63. The van der Waals surface area contributed by atoms with E-state index in [2.05, 4.69) is 15.6 Å². The van der Waals surface area contributed by atoms with E-state index in [1.165, 1.54) is 0 Å². The van der Waals surface area contributed by atoms with Crippen LogP contribution in [0, 0.1) is 5.92 Å². The molecular weight excluding hydrogens is 306 g/mol. The lowest BCUT2D eigenvalue weighted by molar-refractivity contribution is -0.120. The molecule has 0 saturated carbocycles. The fourth-order valence-corrected chi connectivity index (χ4v) is 2.57. The highest BCUT2D eigenvalue weighted by molar-refractivity contribution is 5.91. The van der Waals surface area contributed by atoms with Crippen LogP contribution in [-0.2, 0) is 4.79 Å². The van der Waals surface area contributed by atoms with Crippen LogP contribution in [0.4, 0.5) is 17.2 Å². The summed E-state index contributed by atoms with van der Waals surface area (Å²) in [6.45, 7) is 4.28. The van der Waals surface area contributed by atoms with Crippen molar-refractivity contribution in [3.8, 4) is 11.5 Å². The van der Waals surface area contributed by atoms with E-state index in [1.807, 2.05) is 38.1 Å². The van der Waals surface area contributed by atoms with E-state index < -0.39 is 0 Å². The molecule has 126 valence electrons. The molecule has 0 atom stereocenters. The minimum Gasteiger partial charge on any atom is -0.454 e. The number of carbonyl (C=O) groups excluding carboxylic acids is 1. The van der Waals surface area contributed by atoms with E-state index in [1.54, 1.807) is 12.3 Å². The second kappa shape index (κ2) is 7.21. The topological polar surface area (TPSA) is 72.5 Å². The van der Waals surface area contributed by atoms with Crippen molar-refractivity contribution in [2.24, 2.45) is 5.92 Å². The van der Waals surface area contributed by atoms with E-state index >= 15 is 0 Å². The molecule has 2 N–H and O–H groups in total. The molecule has 0 saturated heterocycles. The maximum atomic E-state index is 12.1. The number of hydrogen-bond acceptors (Lipinski definition) is 5. The number of anilines is 3. The van der Waals surface area contributed by atoms with Gasteiger partial charge in [0, 0.05) is 17.7 Å². The van der Waals surface area contributed by atoms with Gasteiger partial charge < -0.3 is 20.1 Å². The molecule has 1 aliphatic rings. The number of ether oxygens (including phenoxy) is 2. The zero-order valence-corrected chi connectivity index (χ0v) is 13.8. The zero-order chi connectivity index (χ0) is 16.9. The molecule has 6 nitrogen and oxygen atoms in total. The van der Waals surface area contributed by atoms with Crippen molar-refractivity contribution < 1.29 is 14.3 Å². The van der Waals surface area contributed by atoms with Gasteiger partial charge in [-0.25, -0.2) is 4.98 Å². The monoisotopic (exact) mass is 327 g/mol. The lowest BCUT2D eigenvalue weighted by atomic mass is 10.0. The van der Waals surface area contributed by atoms with E-state index in [0.717, 1.165) is 35.7 Å². The second-order valence-corrected chi connectivity index (χ2v) is 5.63. The number of benzene rings is 1. The standard InChI is InChI=1S/C18H21N3O3/c1-3-12(4-2)18(22)21-17-8-6-14(10-19-17)20-13-5-7-15-16(9-13)24-11-23-15/h5-10,12,20H,3-4,11H2,1-2H3,(H,19,21,22). The Hall–Kier alpha value is -2.76. The van der Waals surface area contributed by atoms with Crippen LogP contribution in [0.5, 0.6) is 11.5 Å². The normalized spacial score (nSPS) is 12.3. The molecule has 1 aliphatic heterocycles. The zero-order valence-electron chi connectivity index (χ0n) is 13.8. The van der Waals surface area contributed by atoms with Crippen LogP contribution in [-0.4, -0.2) is 17.7 Å². The van der Waals surface area contributed by atoms with Crippen LogP contribution >= 0.6 is 0 Å². The molecule has 1 amide bonds. The fourth-order valence-electron chi connectivity index (χ4n) is 2.57. The smallest absolute Gasteiger partial charge is 0.231 e. The molecule has 0 unspecified atom stereocenters. The summed E-state index contributed by atoms with van der Waals surface area (Å²) in [6.07, 6.45) is 3.34. The predicted molar refractivity (Wildman–Crippen MR) is 92.8 cm³/mol. The number of nitrogens with one attached hydrogen (secondary N) is 2. The molecule has 2 heterocycles. The molecule has 1 aromatic carbocycles. The molecular formula is C18H21N3O3. The van der Waals surface area contributed by atoms with Crippen molar-refractivity contribution in [3.05, 3.63) is 36.5 Å². The minimum atomic E-state index is 0.0176. The summed E-state index contributed by atoms with van der Waals surface area (Å²) >= 11 is 0. The van der Waals surface area contributed by atoms with E-state index in [4.69, 9.17) is 9.47 Å². The first kappa shape index (κ1) is 16.1. The maximum absolute atomic E-state index is 12.1. The first-order chi connectivity index (χ1) is 11.7. The van der Waals surface area contributed by atoms with E-state index in [-0.39, 0.29) is 18.6 Å². The number of pyridine rings is 1. The van der Waals surface area contributed by atoms with Crippen LogP contribution in [0.25, 0.3) is 0 Å². The Morgan fingerprint density at radius 3 is 2.58 bits per heavy atom. The van der Waals surface area contributed by atoms with Crippen molar-refractivity contribution in [2.45, 2.75) is 26.7 Å². The van der Waals surface area contributed by atoms with Crippen molar-refractivity contribution in [3.63, 3.8) is 0 Å². The van der Waals surface area contributed by atoms with Crippen LogP contribution in [0.15, 0.2) is 36.5 Å².